The van der Waals surface area contributed by atoms with Gasteiger partial charge < -0.3 is 15.6 Å². The molecule has 0 spiro atoms. The summed E-state index contributed by atoms with van der Waals surface area (Å²) in [5.41, 5.74) is 11.6. The van der Waals surface area contributed by atoms with E-state index in [0.29, 0.717) is 18.7 Å². The molecular weight excluding hydrogens is 328 g/mol. The van der Waals surface area contributed by atoms with Gasteiger partial charge in [0, 0.05) is 12.1 Å². The third kappa shape index (κ3) is 3.57. The number of nitrogens with two attached hydrogens (primary N) is 1. The molecule has 3 aromatic rings. The van der Waals surface area contributed by atoms with Crippen molar-refractivity contribution < 1.29 is 4.79 Å². The molecule has 0 atom stereocenters. The first-order valence-corrected chi connectivity index (χ1v) is 8.73. The van der Waals surface area contributed by atoms with E-state index in [1.807, 2.05) is 37.5 Å². The minimum atomic E-state index is 0.531. The zero-order chi connectivity index (χ0) is 18.7. The van der Waals surface area contributed by atoms with Gasteiger partial charge in [-0.05, 0) is 51.9 Å². The monoisotopic (exact) mass is 352 g/mol. The van der Waals surface area contributed by atoms with Crippen molar-refractivity contribution in [3.05, 3.63) is 46.5 Å². The fourth-order valence-electron chi connectivity index (χ4n) is 2.87. The number of aryl methyl sites for hydroxylation is 3. The highest BCUT2D eigenvalue weighted by Crippen LogP contribution is 2.23. The number of carbonyl (C=O) groups is 1. The van der Waals surface area contributed by atoms with Crippen LogP contribution in [0.1, 0.15) is 39.6 Å². The largest absolute Gasteiger partial charge is 0.356 e. The quantitative estimate of drug-likeness (QED) is 0.500. The van der Waals surface area contributed by atoms with E-state index in [9.17, 15) is 4.79 Å². The van der Waals surface area contributed by atoms with Gasteiger partial charge in [-0.2, -0.15) is 0 Å². The number of benzene rings is 1. The van der Waals surface area contributed by atoms with Crippen molar-refractivity contribution in [3.8, 4) is 0 Å². The molecule has 7 heteroatoms. The molecule has 7 nitrogen and oxygen atoms in total. The van der Waals surface area contributed by atoms with Crippen LogP contribution in [0.15, 0.2) is 18.2 Å². The fraction of sp³-hybridized carbons (Fsp3) is 0.368. The second-order valence-corrected chi connectivity index (χ2v) is 6.38. The maximum absolute atomic E-state index is 11.2. The van der Waals surface area contributed by atoms with Gasteiger partial charge in [0.2, 0.25) is 5.95 Å². The van der Waals surface area contributed by atoms with Crippen molar-refractivity contribution in [1.29, 1.82) is 0 Å². The van der Waals surface area contributed by atoms with Gasteiger partial charge >= 0.3 is 0 Å². The summed E-state index contributed by atoms with van der Waals surface area (Å²) in [6, 6.07) is 5.49. The Hall–Kier alpha value is -2.80. The Balaban J connectivity index is 2.07. The number of rotatable bonds is 7. The van der Waals surface area contributed by atoms with Crippen molar-refractivity contribution in [3.63, 3.8) is 0 Å². The molecule has 1 aromatic carbocycles. The van der Waals surface area contributed by atoms with E-state index in [2.05, 4.69) is 15.3 Å². The van der Waals surface area contributed by atoms with Crippen LogP contribution >= 0.6 is 0 Å². The van der Waals surface area contributed by atoms with Crippen molar-refractivity contribution >= 4 is 23.3 Å². The topological polar surface area (TPSA) is 98.7 Å². The first-order valence-electron chi connectivity index (χ1n) is 8.73. The molecule has 0 aliphatic carbocycles. The summed E-state index contributed by atoms with van der Waals surface area (Å²) in [6.07, 6.45) is 1.70. The van der Waals surface area contributed by atoms with Crippen LogP contribution in [0.3, 0.4) is 0 Å². The molecule has 0 saturated heterocycles. The fourth-order valence-corrected chi connectivity index (χ4v) is 2.87. The number of hydrogen-bond donors (Lipinski definition) is 2. The highest BCUT2D eigenvalue weighted by Gasteiger charge is 2.14. The van der Waals surface area contributed by atoms with Crippen LogP contribution in [0.4, 0.5) is 5.95 Å². The molecule has 0 amide bonds. The lowest BCUT2D eigenvalue weighted by Crippen LogP contribution is -2.14. The van der Waals surface area contributed by atoms with Gasteiger partial charge in [-0.15, -0.1) is 0 Å². The number of aromatic nitrogens is 4. The van der Waals surface area contributed by atoms with Crippen LogP contribution in [-0.2, 0) is 6.54 Å². The minimum absolute atomic E-state index is 0.531. The average Bonchev–Trinajstić information content (AvgIpc) is 2.96. The van der Waals surface area contributed by atoms with E-state index in [4.69, 9.17) is 10.7 Å². The maximum atomic E-state index is 11.2. The SMILES string of the molecule is Cc1nc(C)c(Cn2c(NCCCN)nc3ccc(C=O)cc32)nc1C. The van der Waals surface area contributed by atoms with Gasteiger partial charge in [-0.25, -0.2) is 4.98 Å². The molecule has 26 heavy (non-hydrogen) atoms. The summed E-state index contributed by atoms with van der Waals surface area (Å²) >= 11 is 0. The summed E-state index contributed by atoms with van der Waals surface area (Å²) in [5.74, 6) is 0.746. The first-order chi connectivity index (χ1) is 12.5. The molecular formula is C19H24N6O. The van der Waals surface area contributed by atoms with Crippen molar-refractivity contribution in [2.45, 2.75) is 33.7 Å². The standard InChI is InChI=1S/C19H24N6O/c1-12-13(2)23-17(14(3)22-12)10-25-18-9-15(11-26)5-6-16(18)24-19(25)21-8-4-7-20/h5-6,9,11H,4,7-8,10,20H2,1-3H3,(H,21,24). The van der Waals surface area contributed by atoms with Crippen molar-refractivity contribution in [2.24, 2.45) is 5.73 Å². The van der Waals surface area contributed by atoms with E-state index in [0.717, 1.165) is 59.0 Å². The first kappa shape index (κ1) is 18.0. The zero-order valence-electron chi connectivity index (χ0n) is 15.4. The predicted molar refractivity (Wildman–Crippen MR) is 103 cm³/mol. The van der Waals surface area contributed by atoms with Gasteiger partial charge in [-0.1, -0.05) is 0 Å². The lowest BCUT2D eigenvalue weighted by atomic mass is 10.2. The molecule has 0 radical (unpaired) electrons. The van der Waals surface area contributed by atoms with Gasteiger partial charge in [0.1, 0.15) is 6.29 Å². The van der Waals surface area contributed by atoms with Crippen molar-refractivity contribution in [1.82, 2.24) is 19.5 Å². The van der Waals surface area contributed by atoms with Gasteiger partial charge in [0.25, 0.3) is 0 Å². The summed E-state index contributed by atoms with van der Waals surface area (Å²) in [4.78, 5) is 25.2. The number of carbonyl (C=O) groups excluding carboxylic acids is 1. The smallest absolute Gasteiger partial charge is 0.204 e. The normalized spacial score (nSPS) is 11.1. The lowest BCUT2D eigenvalue weighted by molar-refractivity contribution is 0.112. The van der Waals surface area contributed by atoms with Crippen LogP contribution in [-0.4, -0.2) is 38.9 Å². The second kappa shape index (κ2) is 7.61. The Labute approximate surface area is 152 Å². The maximum Gasteiger partial charge on any atom is 0.204 e. The third-order valence-corrected chi connectivity index (χ3v) is 4.46. The molecule has 3 N–H and O–H groups in total. The van der Waals surface area contributed by atoms with E-state index in [-0.39, 0.29) is 0 Å². The molecule has 0 bridgehead atoms. The molecule has 3 rings (SSSR count). The minimum Gasteiger partial charge on any atom is -0.356 e. The number of hydrogen-bond acceptors (Lipinski definition) is 6. The number of imidazole rings is 1. The second-order valence-electron chi connectivity index (χ2n) is 6.38. The average molecular weight is 352 g/mol. The van der Waals surface area contributed by atoms with E-state index < -0.39 is 0 Å². The summed E-state index contributed by atoms with van der Waals surface area (Å²) < 4.78 is 2.05. The number of nitrogens with one attached hydrogen (secondary N) is 1. The van der Waals surface area contributed by atoms with Gasteiger partial charge in [0.05, 0.1) is 40.4 Å². The third-order valence-electron chi connectivity index (χ3n) is 4.46. The van der Waals surface area contributed by atoms with Gasteiger partial charge in [0.15, 0.2) is 0 Å². The molecule has 0 unspecified atom stereocenters. The van der Waals surface area contributed by atoms with Crippen molar-refractivity contribution in [2.75, 3.05) is 18.4 Å². The Bertz CT molecular complexity index is 947. The van der Waals surface area contributed by atoms with Gasteiger partial charge in [-0.3, -0.25) is 14.8 Å². The van der Waals surface area contributed by atoms with E-state index in [1.54, 1.807) is 6.07 Å². The van der Waals surface area contributed by atoms with Crippen LogP contribution in [0, 0.1) is 20.8 Å². The summed E-state index contributed by atoms with van der Waals surface area (Å²) in [6.45, 7) is 7.77. The predicted octanol–water partition coefficient (Wildman–Crippen LogP) is 2.37. The molecule has 2 aromatic heterocycles. The number of fused-ring (bicyclic) bond motifs is 1. The summed E-state index contributed by atoms with van der Waals surface area (Å²) in [5, 5.41) is 3.34. The van der Waals surface area contributed by atoms with Crippen LogP contribution in [0.25, 0.3) is 11.0 Å². The zero-order valence-corrected chi connectivity index (χ0v) is 15.4. The number of aldehydes is 1. The highest BCUT2D eigenvalue weighted by atomic mass is 16.1. The Kier molecular flexibility index (Phi) is 5.27. The van der Waals surface area contributed by atoms with E-state index in [1.165, 1.54) is 0 Å². The Morgan fingerprint density at radius 3 is 2.62 bits per heavy atom. The Morgan fingerprint density at radius 2 is 1.88 bits per heavy atom. The van der Waals surface area contributed by atoms with Crippen LogP contribution in [0.2, 0.25) is 0 Å². The van der Waals surface area contributed by atoms with E-state index >= 15 is 0 Å². The molecule has 0 aliphatic heterocycles. The summed E-state index contributed by atoms with van der Waals surface area (Å²) in [7, 11) is 0. The molecule has 136 valence electrons. The number of nitrogens with zero attached hydrogens (tertiary/aromatic N) is 4. The Morgan fingerprint density at radius 1 is 1.12 bits per heavy atom. The van der Waals surface area contributed by atoms with Crippen LogP contribution < -0.4 is 11.1 Å². The molecule has 2 heterocycles. The molecule has 0 fully saturated rings. The number of anilines is 1. The molecule has 0 aliphatic rings. The lowest BCUT2D eigenvalue weighted by Gasteiger charge is -2.13. The van der Waals surface area contributed by atoms with Crippen LogP contribution in [0.5, 0.6) is 0 Å². The molecule has 0 saturated carbocycles. The highest BCUT2D eigenvalue weighted by molar-refractivity contribution is 5.86.